The second kappa shape index (κ2) is 6.27. The molecule has 114 valence electrons. The number of aromatic nitrogens is 1. The molecular weight excluding hydrogens is 298 g/mol. The summed E-state index contributed by atoms with van der Waals surface area (Å²) in [5.41, 5.74) is 2.01. The lowest BCUT2D eigenvalue weighted by atomic mass is 9.89. The smallest absolute Gasteiger partial charge is 0.227 e. The molecule has 0 bridgehead atoms. The molecule has 0 saturated heterocycles. The number of benzene rings is 1. The highest BCUT2D eigenvalue weighted by Gasteiger charge is 2.26. The Morgan fingerprint density at radius 2 is 2.27 bits per heavy atom. The first-order valence-corrected chi connectivity index (χ1v) is 8.04. The van der Waals surface area contributed by atoms with Gasteiger partial charge in [-0.3, -0.25) is 9.59 Å². The van der Waals surface area contributed by atoms with Gasteiger partial charge in [-0.2, -0.15) is 0 Å². The van der Waals surface area contributed by atoms with E-state index in [2.05, 4.69) is 15.6 Å². The average Bonchev–Trinajstić information content (AvgIpc) is 2.90. The van der Waals surface area contributed by atoms with Gasteiger partial charge in [0.25, 0.3) is 0 Å². The molecule has 1 aromatic heterocycles. The lowest BCUT2D eigenvalue weighted by Crippen LogP contribution is -2.30. The van der Waals surface area contributed by atoms with Crippen LogP contribution < -0.4 is 10.6 Å². The Morgan fingerprint density at radius 1 is 1.45 bits per heavy atom. The van der Waals surface area contributed by atoms with E-state index in [1.165, 1.54) is 11.3 Å². The molecule has 1 aliphatic rings. The standard InChI is InChI=1S/C16H17N3O2S/c1-10-9-17-16(22-10)19-14(20)7-6-12-8-11-4-2-3-5-13(11)18-15(12)21/h2-5,9,12H,6-8H2,1H3,(H,18,21)(H,17,19,20)/t12-/m1/s1. The number of aryl methyl sites for hydroxylation is 1. The summed E-state index contributed by atoms with van der Waals surface area (Å²) in [4.78, 5) is 29.2. The van der Waals surface area contributed by atoms with E-state index in [1.54, 1.807) is 6.20 Å². The molecular formula is C16H17N3O2S. The zero-order chi connectivity index (χ0) is 15.5. The number of rotatable bonds is 4. The maximum absolute atomic E-state index is 12.1. The number of nitrogens with zero attached hydrogens (tertiary/aromatic N) is 1. The number of hydrogen-bond acceptors (Lipinski definition) is 4. The van der Waals surface area contributed by atoms with Crippen LogP contribution in [0.3, 0.4) is 0 Å². The van der Waals surface area contributed by atoms with Gasteiger partial charge in [0.2, 0.25) is 11.8 Å². The van der Waals surface area contributed by atoms with Crippen molar-refractivity contribution in [1.82, 2.24) is 4.98 Å². The second-order valence-corrected chi connectivity index (χ2v) is 6.65. The Morgan fingerprint density at radius 3 is 3.05 bits per heavy atom. The summed E-state index contributed by atoms with van der Waals surface area (Å²) in [5.74, 6) is -0.253. The molecule has 22 heavy (non-hydrogen) atoms. The highest BCUT2D eigenvalue weighted by Crippen LogP contribution is 2.27. The lowest BCUT2D eigenvalue weighted by molar-refractivity contribution is -0.121. The van der Waals surface area contributed by atoms with Gasteiger partial charge in [0.15, 0.2) is 5.13 Å². The number of carbonyl (C=O) groups excluding carboxylic acids is 2. The number of carbonyl (C=O) groups is 2. The van der Waals surface area contributed by atoms with E-state index >= 15 is 0 Å². The second-order valence-electron chi connectivity index (χ2n) is 5.41. The molecule has 1 atom stereocenters. The highest BCUT2D eigenvalue weighted by molar-refractivity contribution is 7.15. The van der Waals surface area contributed by atoms with Crippen LogP contribution in [-0.2, 0) is 16.0 Å². The summed E-state index contributed by atoms with van der Waals surface area (Å²) >= 11 is 1.45. The Labute approximate surface area is 132 Å². The van der Waals surface area contributed by atoms with Gasteiger partial charge >= 0.3 is 0 Å². The van der Waals surface area contributed by atoms with E-state index in [0.717, 1.165) is 16.1 Å². The van der Waals surface area contributed by atoms with E-state index in [4.69, 9.17) is 0 Å². The fourth-order valence-corrected chi connectivity index (χ4v) is 3.23. The van der Waals surface area contributed by atoms with Crippen molar-refractivity contribution in [2.45, 2.75) is 26.2 Å². The first-order chi connectivity index (χ1) is 10.6. The summed E-state index contributed by atoms with van der Waals surface area (Å²) in [6, 6.07) is 7.79. The van der Waals surface area contributed by atoms with Gasteiger partial charge in [0, 0.05) is 29.1 Å². The van der Waals surface area contributed by atoms with E-state index in [-0.39, 0.29) is 17.7 Å². The zero-order valence-electron chi connectivity index (χ0n) is 12.3. The molecule has 3 rings (SSSR count). The molecule has 6 heteroatoms. The van der Waals surface area contributed by atoms with E-state index in [1.807, 2.05) is 31.2 Å². The molecule has 0 aliphatic carbocycles. The van der Waals surface area contributed by atoms with Gasteiger partial charge in [0.1, 0.15) is 0 Å². The topological polar surface area (TPSA) is 71.1 Å². The molecule has 0 spiro atoms. The third-order valence-electron chi connectivity index (χ3n) is 3.70. The molecule has 2 N–H and O–H groups in total. The highest BCUT2D eigenvalue weighted by atomic mass is 32.1. The minimum Gasteiger partial charge on any atom is -0.326 e. The number of anilines is 2. The third-order valence-corrected chi connectivity index (χ3v) is 4.53. The Balaban J connectivity index is 1.55. The molecule has 2 amide bonds. The Bertz CT molecular complexity index is 711. The molecule has 2 heterocycles. The third kappa shape index (κ3) is 3.33. The van der Waals surface area contributed by atoms with Crippen LogP contribution in [0.15, 0.2) is 30.5 Å². The van der Waals surface area contributed by atoms with Crippen LogP contribution in [0.25, 0.3) is 0 Å². The predicted octanol–water partition coefficient (Wildman–Crippen LogP) is 2.98. The fourth-order valence-electron chi connectivity index (χ4n) is 2.55. The lowest BCUT2D eigenvalue weighted by Gasteiger charge is -2.24. The quantitative estimate of drug-likeness (QED) is 0.911. The van der Waals surface area contributed by atoms with Crippen molar-refractivity contribution in [1.29, 1.82) is 0 Å². The number of nitrogens with one attached hydrogen (secondary N) is 2. The number of amides is 2. The van der Waals surface area contributed by atoms with Crippen molar-refractivity contribution in [3.63, 3.8) is 0 Å². The maximum Gasteiger partial charge on any atom is 0.227 e. The van der Waals surface area contributed by atoms with Crippen LogP contribution in [0, 0.1) is 12.8 Å². The van der Waals surface area contributed by atoms with Crippen LogP contribution in [-0.4, -0.2) is 16.8 Å². The first-order valence-electron chi connectivity index (χ1n) is 7.23. The van der Waals surface area contributed by atoms with Crippen LogP contribution in [0.1, 0.15) is 23.3 Å². The normalized spacial score (nSPS) is 16.8. The van der Waals surface area contributed by atoms with E-state index < -0.39 is 0 Å². The van der Waals surface area contributed by atoms with Crippen LogP contribution in [0.5, 0.6) is 0 Å². The van der Waals surface area contributed by atoms with Crippen LogP contribution >= 0.6 is 11.3 Å². The summed E-state index contributed by atoms with van der Waals surface area (Å²) < 4.78 is 0. The molecule has 2 aromatic rings. The molecule has 0 radical (unpaired) electrons. The van der Waals surface area contributed by atoms with Gasteiger partial charge < -0.3 is 10.6 Å². The summed E-state index contributed by atoms with van der Waals surface area (Å²) in [7, 11) is 0. The molecule has 1 aliphatic heterocycles. The molecule has 0 fully saturated rings. The SMILES string of the molecule is Cc1cnc(NC(=O)CC[C@@H]2Cc3ccccc3NC2=O)s1. The fraction of sp³-hybridized carbons (Fsp3) is 0.312. The maximum atomic E-state index is 12.1. The zero-order valence-corrected chi connectivity index (χ0v) is 13.1. The molecule has 5 nitrogen and oxygen atoms in total. The van der Waals surface area contributed by atoms with Crippen LogP contribution in [0.4, 0.5) is 10.8 Å². The van der Waals surface area contributed by atoms with Crippen molar-refractivity contribution in [2.24, 2.45) is 5.92 Å². The van der Waals surface area contributed by atoms with Crippen molar-refractivity contribution >= 4 is 34.0 Å². The minimum atomic E-state index is -0.154. The number of hydrogen-bond donors (Lipinski definition) is 2. The number of para-hydroxylation sites is 1. The molecule has 0 saturated carbocycles. The van der Waals surface area contributed by atoms with Gasteiger partial charge in [-0.05, 0) is 31.4 Å². The minimum absolute atomic E-state index is 0.00315. The molecule has 0 unspecified atom stereocenters. The van der Waals surface area contributed by atoms with E-state index in [9.17, 15) is 9.59 Å². The Kier molecular flexibility index (Phi) is 4.20. The largest absolute Gasteiger partial charge is 0.326 e. The van der Waals surface area contributed by atoms with Gasteiger partial charge in [0.05, 0.1) is 0 Å². The number of thiazole rings is 1. The van der Waals surface area contributed by atoms with Gasteiger partial charge in [-0.15, -0.1) is 11.3 Å². The predicted molar refractivity (Wildman–Crippen MR) is 87.0 cm³/mol. The van der Waals surface area contributed by atoms with E-state index in [0.29, 0.717) is 24.4 Å². The first kappa shape index (κ1) is 14.7. The molecule has 1 aromatic carbocycles. The van der Waals surface area contributed by atoms with Crippen molar-refractivity contribution in [2.75, 3.05) is 10.6 Å². The summed E-state index contributed by atoms with van der Waals surface area (Å²) in [6.07, 6.45) is 3.27. The average molecular weight is 315 g/mol. The van der Waals surface area contributed by atoms with Crippen LogP contribution in [0.2, 0.25) is 0 Å². The summed E-state index contributed by atoms with van der Waals surface area (Å²) in [6.45, 7) is 1.94. The van der Waals surface area contributed by atoms with Gasteiger partial charge in [-0.1, -0.05) is 18.2 Å². The van der Waals surface area contributed by atoms with Gasteiger partial charge in [-0.25, -0.2) is 4.98 Å². The summed E-state index contributed by atoms with van der Waals surface area (Å²) in [5, 5.41) is 6.29. The number of fused-ring (bicyclic) bond motifs is 1. The van der Waals surface area contributed by atoms with Crippen molar-refractivity contribution < 1.29 is 9.59 Å². The van der Waals surface area contributed by atoms with Crippen molar-refractivity contribution in [3.05, 3.63) is 40.9 Å². The van der Waals surface area contributed by atoms with Crippen molar-refractivity contribution in [3.8, 4) is 0 Å². The Hall–Kier alpha value is -2.21. The monoisotopic (exact) mass is 315 g/mol.